The van der Waals surface area contributed by atoms with E-state index in [1.165, 1.54) is 0 Å². The summed E-state index contributed by atoms with van der Waals surface area (Å²) in [5, 5.41) is 7.88. The predicted molar refractivity (Wildman–Crippen MR) is 71.0 cm³/mol. The number of benzene rings is 1. The maximum atomic E-state index is 7.32. The van der Waals surface area contributed by atoms with E-state index in [-0.39, 0.29) is 5.84 Å². The number of hydrogen-bond donors (Lipinski definition) is 2. The average molecular weight is 262 g/mol. The van der Waals surface area contributed by atoms with Crippen molar-refractivity contribution >= 4 is 17.4 Å². The predicted octanol–water partition coefficient (Wildman–Crippen LogP) is 2.60. The highest BCUT2D eigenvalue weighted by Crippen LogP contribution is 2.24. The third-order valence-electron chi connectivity index (χ3n) is 2.33. The Bertz CT molecular complexity index is 572. The smallest absolute Gasteiger partial charge is 0.141 e. The fourth-order valence-corrected chi connectivity index (χ4v) is 1.62. The zero-order chi connectivity index (χ0) is 13.0. The Labute approximate surface area is 110 Å². The standard InChI is InChI=1S/C13H12ClN3O/c14-10-3-1-2-4-12(10)18-8-9-5-6-17-11(7-9)13(15)16/h1-7H,8H2,(H3,15,16). The van der Waals surface area contributed by atoms with Gasteiger partial charge in [0.05, 0.1) is 5.02 Å². The topological polar surface area (TPSA) is 72.0 Å². The van der Waals surface area contributed by atoms with Crippen LogP contribution in [0.5, 0.6) is 5.75 Å². The van der Waals surface area contributed by atoms with Gasteiger partial charge in [0.15, 0.2) is 0 Å². The van der Waals surface area contributed by atoms with Crippen LogP contribution < -0.4 is 10.5 Å². The summed E-state index contributed by atoms with van der Waals surface area (Å²) in [6.07, 6.45) is 1.60. The van der Waals surface area contributed by atoms with Crippen LogP contribution in [0.4, 0.5) is 0 Å². The van der Waals surface area contributed by atoms with Crippen LogP contribution in [0.15, 0.2) is 42.6 Å². The van der Waals surface area contributed by atoms with Crippen LogP contribution in [0, 0.1) is 5.41 Å². The molecule has 18 heavy (non-hydrogen) atoms. The Hall–Kier alpha value is -2.07. The summed E-state index contributed by atoms with van der Waals surface area (Å²) in [7, 11) is 0. The molecule has 0 fully saturated rings. The van der Waals surface area contributed by atoms with Gasteiger partial charge in [-0.3, -0.25) is 10.4 Å². The third kappa shape index (κ3) is 2.99. The van der Waals surface area contributed by atoms with E-state index >= 15 is 0 Å². The summed E-state index contributed by atoms with van der Waals surface area (Å²) in [5.41, 5.74) is 6.70. The van der Waals surface area contributed by atoms with Crippen LogP contribution in [0.3, 0.4) is 0 Å². The van der Waals surface area contributed by atoms with E-state index < -0.39 is 0 Å². The molecule has 0 aliphatic rings. The van der Waals surface area contributed by atoms with Crippen molar-refractivity contribution in [2.24, 2.45) is 5.73 Å². The Balaban J connectivity index is 2.09. The fraction of sp³-hybridized carbons (Fsp3) is 0.0769. The molecule has 0 bridgehead atoms. The Morgan fingerprint density at radius 3 is 2.83 bits per heavy atom. The number of nitrogens with one attached hydrogen (secondary N) is 1. The van der Waals surface area contributed by atoms with Gasteiger partial charge in [0.25, 0.3) is 0 Å². The van der Waals surface area contributed by atoms with Gasteiger partial charge in [0.1, 0.15) is 23.9 Å². The molecule has 92 valence electrons. The first-order chi connectivity index (χ1) is 8.66. The number of nitrogens with two attached hydrogens (primary N) is 1. The lowest BCUT2D eigenvalue weighted by Gasteiger charge is -2.08. The zero-order valence-corrected chi connectivity index (χ0v) is 10.3. The summed E-state index contributed by atoms with van der Waals surface area (Å²) in [4.78, 5) is 3.98. The number of hydrogen-bond acceptors (Lipinski definition) is 3. The minimum Gasteiger partial charge on any atom is -0.487 e. The summed E-state index contributed by atoms with van der Waals surface area (Å²) < 4.78 is 5.59. The second-order valence-corrected chi connectivity index (χ2v) is 4.09. The minimum atomic E-state index is -0.0606. The lowest BCUT2D eigenvalue weighted by molar-refractivity contribution is 0.306. The molecule has 2 aromatic rings. The summed E-state index contributed by atoms with van der Waals surface area (Å²) in [6, 6.07) is 10.8. The largest absolute Gasteiger partial charge is 0.487 e. The van der Waals surface area contributed by atoms with E-state index in [1.807, 2.05) is 18.2 Å². The minimum absolute atomic E-state index is 0.0606. The van der Waals surface area contributed by atoms with Gasteiger partial charge in [-0.15, -0.1) is 0 Å². The molecule has 0 amide bonds. The molecule has 0 atom stereocenters. The van der Waals surface area contributed by atoms with Gasteiger partial charge < -0.3 is 10.5 Å². The first-order valence-electron chi connectivity index (χ1n) is 5.33. The maximum absolute atomic E-state index is 7.32. The van der Waals surface area contributed by atoms with Crippen molar-refractivity contribution in [3.8, 4) is 5.75 Å². The van der Waals surface area contributed by atoms with Crippen molar-refractivity contribution in [1.29, 1.82) is 5.41 Å². The second kappa shape index (κ2) is 5.51. The van der Waals surface area contributed by atoms with Crippen LogP contribution in [0.25, 0.3) is 0 Å². The molecule has 1 heterocycles. The first-order valence-corrected chi connectivity index (χ1v) is 5.71. The molecular formula is C13H12ClN3O. The Morgan fingerprint density at radius 1 is 1.33 bits per heavy atom. The van der Waals surface area contributed by atoms with E-state index in [4.69, 9.17) is 27.5 Å². The molecule has 0 aliphatic carbocycles. The third-order valence-corrected chi connectivity index (χ3v) is 2.64. The number of para-hydroxylation sites is 1. The van der Waals surface area contributed by atoms with Crippen molar-refractivity contribution < 1.29 is 4.74 Å². The van der Waals surface area contributed by atoms with E-state index in [9.17, 15) is 0 Å². The van der Waals surface area contributed by atoms with Gasteiger partial charge in [-0.05, 0) is 29.8 Å². The van der Waals surface area contributed by atoms with Crippen molar-refractivity contribution in [2.75, 3.05) is 0 Å². The molecule has 5 heteroatoms. The SMILES string of the molecule is N=C(N)c1cc(COc2ccccc2Cl)ccn1. The molecule has 0 saturated carbocycles. The highest BCUT2D eigenvalue weighted by atomic mass is 35.5. The molecule has 0 radical (unpaired) electrons. The summed E-state index contributed by atoms with van der Waals surface area (Å²) in [6.45, 7) is 0.354. The van der Waals surface area contributed by atoms with E-state index in [2.05, 4.69) is 4.98 Å². The number of pyridine rings is 1. The fourth-order valence-electron chi connectivity index (χ4n) is 1.43. The average Bonchev–Trinajstić information content (AvgIpc) is 2.38. The highest BCUT2D eigenvalue weighted by Gasteiger charge is 2.03. The van der Waals surface area contributed by atoms with Gasteiger partial charge in [-0.25, -0.2) is 0 Å². The molecule has 4 nitrogen and oxygen atoms in total. The van der Waals surface area contributed by atoms with Crippen LogP contribution >= 0.6 is 11.6 Å². The molecule has 0 unspecified atom stereocenters. The van der Waals surface area contributed by atoms with Gasteiger partial charge in [-0.2, -0.15) is 0 Å². The molecule has 0 spiro atoms. The van der Waals surface area contributed by atoms with Crippen molar-refractivity contribution in [3.63, 3.8) is 0 Å². The van der Waals surface area contributed by atoms with Crippen molar-refractivity contribution in [2.45, 2.75) is 6.61 Å². The summed E-state index contributed by atoms with van der Waals surface area (Å²) >= 11 is 5.98. The molecule has 1 aromatic carbocycles. The van der Waals surface area contributed by atoms with E-state index in [0.717, 1.165) is 5.56 Å². The quantitative estimate of drug-likeness (QED) is 0.656. The molecular weight excluding hydrogens is 250 g/mol. The number of halogens is 1. The lowest BCUT2D eigenvalue weighted by atomic mass is 10.2. The number of rotatable bonds is 4. The van der Waals surface area contributed by atoms with Gasteiger partial charge in [0, 0.05) is 6.20 Å². The normalized spacial score (nSPS) is 10.1. The Morgan fingerprint density at radius 2 is 2.11 bits per heavy atom. The summed E-state index contributed by atoms with van der Waals surface area (Å²) in [5.74, 6) is 0.565. The van der Waals surface area contributed by atoms with E-state index in [0.29, 0.717) is 23.1 Å². The van der Waals surface area contributed by atoms with E-state index in [1.54, 1.807) is 24.4 Å². The molecule has 1 aromatic heterocycles. The number of nitrogens with zero attached hydrogens (tertiary/aromatic N) is 1. The van der Waals surface area contributed by atoms with Gasteiger partial charge >= 0.3 is 0 Å². The van der Waals surface area contributed by atoms with Crippen LogP contribution in [0.1, 0.15) is 11.3 Å². The Kier molecular flexibility index (Phi) is 3.79. The van der Waals surface area contributed by atoms with Crippen LogP contribution in [0.2, 0.25) is 5.02 Å². The lowest BCUT2D eigenvalue weighted by Crippen LogP contribution is -2.13. The molecule has 2 rings (SSSR count). The maximum Gasteiger partial charge on any atom is 0.141 e. The van der Waals surface area contributed by atoms with Crippen LogP contribution in [-0.2, 0) is 6.61 Å². The van der Waals surface area contributed by atoms with Crippen molar-refractivity contribution in [1.82, 2.24) is 4.98 Å². The second-order valence-electron chi connectivity index (χ2n) is 3.68. The molecule has 0 aliphatic heterocycles. The zero-order valence-electron chi connectivity index (χ0n) is 9.56. The number of ether oxygens (including phenoxy) is 1. The van der Waals surface area contributed by atoms with Gasteiger partial charge in [-0.1, -0.05) is 23.7 Å². The first kappa shape index (κ1) is 12.4. The molecule has 0 saturated heterocycles. The molecule has 3 N–H and O–H groups in total. The highest BCUT2D eigenvalue weighted by molar-refractivity contribution is 6.32. The number of nitrogen functional groups attached to an aromatic ring is 1. The van der Waals surface area contributed by atoms with Crippen LogP contribution in [-0.4, -0.2) is 10.8 Å². The monoisotopic (exact) mass is 261 g/mol. The van der Waals surface area contributed by atoms with Crippen molar-refractivity contribution in [3.05, 3.63) is 58.9 Å². The number of aromatic nitrogens is 1. The van der Waals surface area contributed by atoms with Gasteiger partial charge in [0.2, 0.25) is 0 Å². The number of amidine groups is 1.